The molecule has 26 heavy (non-hydrogen) atoms. The van der Waals surface area contributed by atoms with Crippen LogP contribution in [0, 0.1) is 5.82 Å². The Morgan fingerprint density at radius 2 is 2.00 bits per heavy atom. The van der Waals surface area contributed by atoms with E-state index in [0.717, 1.165) is 41.6 Å². The molecule has 0 spiro atoms. The van der Waals surface area contributed by atoms with Crippen LogP contribution in [0.4, 0.5) is 4.39 Å². The summed E-state index contributed by atoms with van der Waals surface area (Å²) in [6.07, 6.45) is 2.57. The van der Waals surface area contributed by atoms with E-state index in [1.807, 2.05) is 30.3 Å². The first kappa shape index (κ1) is 17.1. The van der Waals surface area contributed by atoms with Gasteiger partial charge < -0.3 is 9.67 Å². The number of aliphatic carboxylic acids is 1. The van der Waals surface area contributed by atoms with Crippen molar-refractivity contribution in [2.75, 3.05) is 0 Å². The number of aryl methyl sites for hydroxylation is 1. The molecule has 1 atom stereocenters. The lowest BCUT2D eigenvalue weighted by Crippen LogP contribution is -2.17. The Balaban J connectivity index is 1.91. The fraction of sp³-hybridized carbons (Fsp3) is 0.286. The minimum Gasteiger partial charge on any atom is -0.481 e. The number of carboxylic acid groups (broad SMARTS) is 1. The van der Waals surface area contributed by atoms with E-state index in [1.54, 1.807) is 6.07 Å². The number of carboxylic acids is 1. The molecule has 1 N–H and O–H groups in total. The highest BCUT2D eigenvalue weighted by Gasteiger charge is 2.30. The van der Waals surface area contributed by atoms with Crippen molar-refractivity contribution in [1.82, 2.24) is 4.57 Å². The molecule has 1 aromatic heterocycles. The molecule has 0 fully saturated rings. The zero-order valence-electron chi connectivity index (χ0n) is 14.2. The van der Waals surface area contributed by atoms with Gasteiger partial charge in [-0.15, -0.1) is 0 Å². The molecule has 1 aliphatic rings. The third kappa shape index (κ3) is 2.99. The van der Waals surface area contributed by atoms with Crippen LogP contribution in [0.5, 0.6) is 0 Å². The van der Waals surface area contributed by atoms with E-state index in [0.29, 0.717) is 17.0 Å². The first-order valence-electron chi connectivity index (χ1n) is 8.80. The summed E-state index contributed by atoms with van der Waals surface area (Å²) in [6, 6.07) is 12.7. The van der Waals surface area contributed by atoms with Crippen molar-refractivity contribution in [3.8, 4) is 0 Å². The molecule has 0 saturated carbocycles. The fourth-order valence-corrected chi connectivity index (χ4v) is 4.32. The van der Waals surface area contributed by atoms with Gasteiger partial charge in [0.15, 0.2) is 0 Å². The summed E-state index contributed by atoms with van der Waals surface area (Å²) >= 11 is 5.98. The Morgan fingerprint density at radius 1 is 1.23 bits per heavy atom. The maximum atomic E-state index is 14.6. The number of carbonyl (C=O) groups is 1. The number of fused-ring (bicyclic) bond motifs is 3. The number of nitrogens with zero attached hydrogens (tertiary/aromatic N) is 1. The van der Waals surface area contributed by atoms with Crippen molar-refractivity contribution >= 4 is 28.5 Å². The molecule has 2 aromatic carbocycles. The van der Waals surface area contributed by atoms with Crippen LogP contribution < -0.4 is 0 Å². The van der Waals surface area contributed by atoms with Crippen LogP contribution in [0.2, 0.25) is 5.02 Å². The standard InChI is InChI=1S/C21H19ClFNO2/c22-15-9-7-13(8-10-15)12-24-18-6-2-5-17(23)20(18)16-4-1-3-14(21(16)24)11-19(25)26/h2,5-10,14H,1,3-4,11-12H2,(H,25,26). The van der Waals surface area contributed by atoms with E-state index < -0.39 is 5.97 Å². The average Bonchev–Trinajstić information content (AvgIpc) is 2.93. The smallest absolute Gasteiger partial charge is 0.304 e. The molecule has 4 rings (SSSR count). The topological polar surface area (TPSA) is 42.2 Å². The lowest BCUT2D eigenvalue weighted by Gasteiger charge is -2.24. The van der Waals surface area contributed by atoms with E-state index in [4.69, 9.17) is 11.6 Å². The van der Waals surface area contributed by atoms with E-state index in [9.17, 15) is 14.3 Å². The van der Waals surface area contributed by atoms with Crippen molar-refractivity contribution in [1.29, 1.82) is 0 Å². The van der Waals surface area contributed by atoms with Crippen molar-refractivity contribution in [3.05, 3.63) is 70.1 Å². The molecule has 3 nitrogen and oxygen atoms in total. The summed E-state index contributed by atoms with van der Waals surface area (Å²) in [7, 11) is 0. The predicted octanol–water partition coefficient (Wildman–Crippen LogP) is 5.38. The molecule has 1 aliphatic carbocycles. The maximum Gasteiger partial charge on any atom is 0.304 e. The fourth-order valence-electron chi connectivity index (χ4n) is 4.19. The van der Waals surface area contributed by atoms with Crippen LogP contribution in [0.1, 0.15) is 42.0 Å². The van der Waals surface area contributed by atoms with Gasteiger partial charge in [0.1, 0.15) is 5.82 Å². The lowest BCUT2D eigenvalue weighted by atomic mass is 9.84. The first-order valence-corrected chi connectivity index (χ1v) is 9.18. The highest BCUT2D eigenvalue weighted by molar-refractivity contribution is 6.30. The number of rotatable bonds is 4. The second-order valence-electron chi connectivity index (χ2n) is 6.90. The molecule has 3 aromatic rings. The van der Waals surface area contributed by atoms with Gasteiger partial charge in [0.2, 0.25) is 0 Å². The monoisotopic (exact) mass is 371 g/mol. The van der Waals surface area contributed by atoms with Gasteiger partial charge in [0.25, 0.3) is 0 Å². The van der Waals surface area contributed by atoms with Crippen molar-refractivity contribution in [2.45, 2.75) is 38.1 Å². The van der Waals surface area contributed by atoms with Crippen LogP contribution in [0.25, 0.3) is 10.9 Å². The largest absolute Gasteiger partial charge is 0.481 e. The van der Waals surface area contributed by atoms with Gasteiger partial charge in [0, 0.05) is 28.6 Å². The Bertz CT molecular complexity index is 978. The van der Waals surface area contributed by atoms with Gasteiger partial charge in [0.05, 0.1) is 11.9 Å². The molecule has 1 heterocycles. The van der Waals surface area contributed by atoms with Gasteiger partial charge >= 0.3 is 5.97 Å². The summed E-state index contributed by atoms with van der Waals surface area (Å²) in [5.74, 6) is -1.13. The predicted molar refractivity (Wildman–Crippen MR) is 100 cm³/mol. The van der Waals surface area contributed by atoms with Crippen LogP contribution in [-0.2, 0) is 17.8 Å². The Morgan fingerprint density at radius 3 is 2.73 bits per heavy atom. The second-order valence-corrected chi connectivity index (χ2v) is 7.33. The molecule has 0 bridgehead atoms. The van der Waals surface area contributed by atoms with Gasteiger partial charge in [-0.1, -0.05) is 29.8 Å². The minimum atomic E-state index is -0.813. The summed E-state index contributed by atoms with van der Waals surface area (Å²) in [6.45, 7) is 0.572. The van der Waals surface area contributed by atoms with Crippen LogP contribution in [0.3, 0.4) is 0 Å². The van der Waals surface area contributed by atoms with E-state index in [1.165, 1.54) is 6.07 Å². The Labute approximate surface area is 156 Å². The normalized spacial score (nSPS) is 16.6. The highest BCUT2D eigenvalue weighted by atomic mass is 35.5. The highest BCUT2D eigenvalue weighted by Crippen LogP contribution is 2.41. The average molecular weight is 372 g/mol. The van der Waals surface area contributed by atoms with Gasteiger partial charge in [-0.25, -0.2) is 4.39 Å². The SMILES string of the molecule is O=C(O)CC1CCCc2c1n(Cc1ccc(Cl)cc1)c1cccc(F)c21. The molecule has 134 valence electrons. The van der Waals surface area contributed by atoms with Crippen molar-refractivity contribution < 1.29 is 14.3 Å². The van der Waals surface area contributed by atoms with Crippen LogP contribution in [0.15, 0.2) is 42.5 Å². The first-order chi connectivity index (χ1) is 12.5. The number of hydrogen-bond donors (Lipinski definition) is 1. The minimum absolute atomic E-state index is 0.0750. The lowest BCUT2D eigenvalue weighted by molar-refractivity contribution is -0.137. The van der Waals surface area contributed by atoms with E-state index in [-0.39, 0.29) is 18.2 Å². The van der Waals surface area contributed by atoms with Gasteiger partial charge in [-0.2, -0.15) is 0 Å². The zero-order chi connectivity index (χ0) is 18.3. The van der Waals surface area contributed by atoms with Crippen molar-refractivity contribution in [2.24, 2.45) is 0 Å². The molecular formula is C21H19ClFNO2. The Kier molecular flexibility index (Phi) is 4.45. The number of halogens is 2. The van der Waals surface area contributed by atoms with Crippen molar-refractivity contribution in [3.63, 3.8) is 0 Å². The molecule has 0 saturated heterocycles. The quantitative estimate of drug-likeness (QED) is 0.669. The third-order valence-corrected chi connectivity index (χ3v) is 5.48. The molecular weight excluding hydrogens is 353 g/mol. The molecule has 0 radical (unpaired) electrons. The second kappa shape index (κ2) is 6.76. The van der Waals surface area contributed by atoms with E-state index in [2.05, 4.69) is 4.57 Å². The number of hydrogen-bond acceptors (Lipinski definition) is 1. The zero-order valence-corrected chi connectivity index (χ0v) is 15.0. The maximum absolute atomic E-state index is 14.6. The number of benzene rings is 2. The molecule has 0 aliphatic heterocycles. The van der Waals surface area contributed by atoms with Gasteiger partial charge in [-0.05, 0) is 54.7 Å². The summed E-state index contributed by atoms with van der Waals surface area (Å²) in [5.41, 5.74) is 3.85. The van der Waals surface area contributed by atoms with E-state index >= 15 is 0 Å². The molecule has 5 heteroatoms. The van der Waals surface area contributed by atoms with Crippen LogP contribution in [-0.4, -0.2) is 15.6 Å². The summed E-state index contributed by atoms with van der Waals surface area (Å²) in [4.78, 5) is 11.4. The van der Waals surface area contributed by atoms with Crippen LogP contribution >= 0.6 is 11.6 Å². The summed E-state index contributed by atoms with van der Waals surface area (Å²) < 4.78 is 16.7. The molecule has 0 amide bonds. The molecule has 1 unspecified atom stereocenters. The van der Waals surface area contributed by atoms with Gasteiger partial charge in [-0.3, -0.25) is 4.79 Å². The Hall–Kier alpha value is -2.33. The number of aromatic nitrogens is 1. The third-order valence-electron chi connectivity index (χ3n) is 5.23. The summed E-state index contributed by atoms with van der Waals surface area (Å²) in [5, 5.41) is 10.6.